The van der Waals surface area contributed by atoms with E-state index in [0.29, 0.717) is 0 Å². The predicted octanol–water partition coefficient (Wildman–Crippen LogP) is 2.89. The summed E-state index contributed by atoms with van der Waals surface area (Å²) in [7, 11) is 3.99. The van der Waals surface area contributed by atoms with E-state index in [1.807, 2.05) is 7.05 Å². The summed E-state index contributed by atoms with van der Waals surface area (Å²) < 4.78 is 0. The van der Waals surface area contributed by atoms with Gasteiger partial charge >= 0.3 is 0 Å². The molecule has 5 heteroatoms. The number of guanidine groups is 1. The number of nitrogens with one attached hydrogen (secondary N) is 1. The maximum absolute atomic E-state index is 4.37. The summed E-state index contributed by atoms with van der Waals surface area (Å²) in [6.45, 7) is 12.6. The Kier molecular flexibility index (Phi) is 11.5. The zero-order chi connectivity index (χ0) is 15.0. The van der Waals surface area contributed by atoms with Crippen LogP contribution in [0.25, 0.3) is 0 Å². The van der Waals surface area contributed by atoms with Crippen LogP contribution in [0.15, 0.2) is 4.99 Å². The summed E-state index contributed by atoms with van der Waals surface area (Å²) in [5.41, 5.74) is 0. The molecule has 1 rings (SSSR count). The van der Waals surface area contributed by atoms with Crippen LogP contribution in [0.3, 0.4) is 0 Å². The van der Waals surface area contributed by atoms with Crippen LogP contribution in [0, 0.1) is 11.8 Å². The molecule has 0 aromatic carbocycles. The van der Waals surface area contributed by atoms with E-state index in [1.165, 1.54) is 32.4 Å². The molecular weight excluding hydrogens is 375 g/mol. The van der Waals surface area contributed by atoms with Crippen molar-refractivity contribution in [3.8, 4) is 0 Å². The Morgan fingerprint density at radius 3 is 2.43 bits per heavy atom. The highest BCUT2D eigenvalue weighted by Gasteiger charge is 2.21. The molecule has 4 nitrogen and oxygen atoms in total. The number of rotatable bonds is 6. The van der Waals surface area contributed by atoms with Crippen LogP contribution < -0.4 is 5.32 Å². The van der Waals surface area contributed by atoms with Gasteiger partial charge in [0.1, 0.15) is 0 Å². The SMILES string of the molecule is CCCCN(C)C(=NC)NCCN1CC(C)CC(C)C1.I. The zero-order valence-electron chi connectivity index (χ0n) is 14.6. The molecular formula is C16H35IN4. The maximum Gasteiger partial charge on any atom is 0.193 e. The highest BCUT2D eigenvalue weighted by atomic mass is 127. The highest BCUT2D eigenvalue weighted by Crippen LogP contribution is 2.20. The summed E-state index contributed by atoms with van der Waals surface area (Å²) in [6, 6.07) is 0. The summed E-state index contributed by atoms with van der Waals surface area (Å²) in [6.07, 6.45) is 3.83. The molecule has 1 fully saturated rings. The molecule has 1 aliphatic rings. The minimum Gasteiger partial charge on any atom is -0.355 e. The second kappa shape index (κ2) is 11.5. The first-order valence-electron chi connectivity index (χ1n) is 8.20. The monoisotopic (exact) mass is 410 g/mol. The number of piperidine rings is 1. The van der Waals surface area contributed by atoms with Crippen molar-refractivity contribution in [1.82, 2.24) is 15.1 Å². The van der Waals surface area contributed by atoms with Crippen molar-refractivity contribution >= 4 is 29.9 Å². The van der Waals surface area contributed by atoms with Crippen LogP contribution in [0.4, 0.5) is 0 Å². The van der Waals surface area contributed by atoms with Gasteiger partial charge in [0.05, 0.1) is 0 Å². The topological polar surface area (TPSA) is 30.9 Å². The summed E-state index contributed by atoms with van der Waals surface area (Å²) in [5, 5.41) is 3.49. The molecule has 0 aromatic rings. The van der Waals surface area contributed by atoms with E-state index in [9.17, 15) is 0 Å². The van der Waals surface area contributed by atoms with Gasteiger partial charge in [-0.15, -0.1) is 24.0 Å². The molecule has 0 spiro atoms. The van der Waals surface area contributed by atoms with Gasteiger partial charge in [-0.2, -0.15) is 0 Å². The van der Waals surface area contributed by atoms with Gasteiger partial charge in [-0.3, -0.25) is 4.99 Å². The third-order valence-electron chi connectivity index (χ3n) is 4.08. The van der Waals surface area contributed by atoms with Crippen LogP contribution in [-0.2, 0) is 0 Å². The molecule has 0 amide bonds. The van der Waals surface area contributed by atoms with Gasteiger partial charge in [-0.1, -0.05) is 27.2 Å². The Morgan fingerprint density at radius 1 is 1.29 bits per heavy atom. The first-order chi connectivity index (χ1) is 9.56. The lowest BCUT2D eigenvalue weighted by Crippen LogP contribution is -2.45. The second-order valence-corrected chi connectivity index (χ2v) is 6.45. The van der Waals surface area contributed by atoms with Crippen LogP contribution in [-0.4, -0.2) is 62.6 Å². The molecule has 0 aromatic heterocycles. The van der Waals surface area contributed by atoms with Crippen molar-refractivity contribution in [3.05, 3.63) is 0 Å². The lowest BCUT2D eigenvalue weighted by molar-refractivity contribution is 0.143. The number of hydrogen-bond acceptors (Lipinski definition) is 2. The number of likely N-dealkylation sites (tertiary alicyclic amines) is 1. The van der Waals surface area contributed by atoms with Crippen LogP contribution in [0.5, 0.6) is 0 Å². The van der Waals surface area contributed by atoms with Crippen LogP contribution >= 0.6 is 24.0 Å². The lowest BCUT2D eigenvalue weighted by atomic mass is 9.92. The van der Waals surface area contributed by atoms with Crippen molar-refractivity contribution in [3.63, 3.8) is 0 Å². The summed E-state index contributed by atoms with van der Waals surface area (Å²) >= 11 is 0. The van der Waals surface area contributed by atoms with E-state index in [-0.39, 0.29) is 24.0 Å². The van der Waals surface area contributed by atoms with Crippen LogP contribution in [0.1, 0.15) is 40.0 Å². The Hall–Kier alpha value is -0.0400. The molecule has 0 radical (unpaired) electrons. The molecule has 1 N–H and O–H groups in total. The number of nitrogens with zero attached hydrogens (tertiary/aromatic N) is 3. The first kappa shape index (κ1) is 21.0. The molecule has 1 aliphatic heterocycles. The zero-order valence-corrected chi connectivity index (χ0v) is 16.9. The van der Waals surface area contributed by atoms with Gasteiger partial charge in [0.15, 0.2) is 5.96 Å². The average Bonchev–Trinajstić information content (AvgIpc) is 2.40. The van der Waals surface area contributed by atoms with Gasteiger partial charge < -0.3 is 15.1 Å². The van der Waals surface area contributed by atoms with E-state index >= 15 is 0 Å². The van der Waals surface area contributed by atoms with E-state index in [4.69, 9.17) is 0 Å². The second-order valence-electron chi connectivity index (χ2n) is 6.45. The first-order valence-corrected chi connectivity index (χ1v) is 8.20. The fourth-order valence-corrected chi connectivity index (χ4v) is 3.19. The third-order valence-corrected chi connectivity index (χ3v) is 4.08. The van der Waals surface area contributed by atoms with Crippen molar-refractivity contribution in [2.75, 3.05) is 46.8 Å². The Morgan fingerprint density at radius 2 is 1.90 bits per heavy atom. The van der Waals surface area contributed by atoms with E-state index in [0.717, 1.165) is 37.4 Å². The standard InChI is InChI=1S/C16H34N4.HI/c1-6-7-9-19(5)16(17-4)18-8-10-20-12-14(2)11-15(3)13-20;/h14-15H,6-13H2,1-5H3,(H,17,18);1H. The maximum atomic E-state index is 4.37. The largest absolute Gasteiger partial charge is 0.355 e. The minimum atomic E-state index is 0. The molecule has 21 heavy (non-hydrogen) atoms. The Bertz CT molecular complexity index is 286. The van der Waals surface area contributed by atoms with Crippen molar-refractivity contribution in [2.45, 2.75) is 40.0 Å². The molecule has 126 valence electrons. The van der Waals surface area contributed by atoms with E-state index in [2.05, 4.69) is 47.9 Å². The van der Waals surface area contributed by atoms with Crippen LogP contribution in [0.2, 0.25) is 0 Å². The quantitative estimate of drug-likeness (QED) is 0.415. The molecule has 1 saturated heterocycles. The Balaban J connectivity index is 0.00000400. The Labute approximate surface area is 148 Å². The fourth-order valence-electron chi connectivity index (χ4n) is 3.19. The molecule has 1 heterocycles. The minimum absolute atomic E-state index is 0. The normalized spacial score (nSPS) is 23.6. The van der Waals surface area contributed by atoms with Crippen molar-refractivity contribution in [2.24, 2.45) is 16.8 Å². The fraction of sp³-hybridized carbons (Fsp3) is 0.938. The van der Waals surface area contributed by atoms with Gasteiger partial charge in [0.25, 0.3) is 0 Å². The molecule has 0 bridgehead atoms. The van der Waals surface area contributed by atoms with Crippen molar-refractivity contribution < 1.29 is 0 Å². The smallest absolute Gasteiger partial charge is 0.193 e. The van der Waals surface area contributed by atoms with Gasteiger partial charge in [0, 0.05) is 46.8 Å². The molecule has 0 aliphatic carbocycles. The van der Waals surface area contributed by atoms with Crippen molar-refractivity contribution in [1.29, 1.82) is 0 Å². The number of hydrogen-bond donors (Lipinski definition) is 1. The number of unbranched alkanes of at least 4 members (excludes halogenated alkanes) is 1. The van der Waals surface area contributed by atoms with Gasteiger partial charge in [-0.05, 0) is 24.7 Å². The number of aliphatic imine (C=N–C) groups is 1. The lowest BCUT2D eigenvalue weighted by Gasteiger charge is -2.35. The molecule has 2 atom stereocenters. The molecule has 2 unspecified atom stereocenters. The summed E-state index contributed by atoms with van der Waals surface area (Å²) in [5.74, 6) is 2.70. The van der Waals surface area contributed by atoms with E-state index < -0.39 is 0 Å². The number of halogens is 1. The summed E-state index contributed by atoms with van der Waals surface area (Å²) in [4.78, 5) is 9.18. The van der Waals surface area contributed by atoms with Gasteiger partial charge in [0.2, 0.25) is 0 Å². The highest BCUT2D eigenvalue weighted by molar-refractivity contribution is 14.0. The van der Waals surface area contributed by atoms with E-state index in [1.54, 1.807) is 0 Å². The average molecular weight is 410 g/mol. The molecule has 0 saturated carbocycles. The van der Waals surface area contributed by atoms with Gasteiger partial charge in [-0.25, -0.2) is 0 Å². The third kappa shape index (κ3) is 8.24. The predicted molar refractivity (Wildman–Crippen MR) is 104 cm³/mol.